The Kier molecular flexibility index (Phi) is 6.82. The van der Waals surface area contributed by atoms with Gasteiger partial charge in [-0.05, 0) is 17.2 Å². The third kappa shape index (κ3) is 5.22. The zero-order valence-electron chi connectivity index (χ0n) is 17.6. The lowest BCUT2D eigenvalue weighted by Gasteiger charge is -2.16. The van der Waals surface area contributed by atoms with E-state index in [1.807, 2.05) is 0 Å². The van der Waals surface area contributed by atoms with E-state index in [9.17, 15) is 26.4 Å². The molecular formula is C21H22F3N2O5S+. The van der Waals surface area contributed by atoms with Crippen LogP contribution in [-0.2, 0) is 30.4 Å². The first-order chi connectivity index (χ1) is 14.9. The molecule has 1 unspecified atom stereocenters. The van der Waals surface area contributed by atoms with Crippen molar-refractivity contribution in [3.63, 3.8) is 0 Å². The fourth-order valence-corrected chi connectivity index (χ4v) is 3.80. The Bertz CT molecular complexity index is 1130. The van der Waals surface area contributed by atoms with Gasteiger partial charge < -0.3 is 0 Å². The van der Waals surface area contributed by atoms with Crippen LogP contribution in [0.2, 0.25) is 0 Å². The molecule has 1 atom stereocenters. The third-order valence-corrected chi connectivity index (χ3v) is 5.42. The molecule has 0 radical (unpaired) electrons. The number of rotatable bonds is 7. The SMILES string of the molecule is CC1(C)OC(c2ccc(-c3ccc(COS(C)(=O)=O)nc3)cc2)C(CF)=[N+]1C(=O)C(F)F. The second-order valence-corrected chi connectivity index (χ2v) is 9.31. The number of nitrogens with zero attached hydrogens (tertiary/aromatic N) is 2. The Labute approximate surface area is 183 Å². The number of carbonyl (C=O) groups is 1. The van der Waals surface area contributed by atoms with Crippen LogP contribution in [0.25, 0.3) is 11.1 Å². The number of ether oxygens (including phenoxy) is 1. The van der Waals surface area contributed by atoms with Crippen molar-refractivity contribution < 1.29 is 39.9 Å². The number of carbonyl (C=O) groups excluding carboxylic acids is 1. The van der Waals surface area contributed by atoms with Gasteiger partial charge in [0, 0.05) is 25.6 Å². The molecule has 1 aromatic carbocycles. The Hall–Kier alpha value is -2.63. The molecule has 0 aliphatic carbocycles. The normalized spacial score (nSPS) is 18.4. The Balaban J connectivity index is 1.83. The molecule has 1 aliphatic rings. The lowest BCUT2D eigenvalue weighted by molar-refractivity contribution is -0.571. The van der Waals surface area contributed by atoms with Crippen molar-refractivity contribution >= 4 is 21.7 Å². The van der Waals surface area contributed by atoms with E-state index in [1.165, 1.54) is 13.8 Å². The van der Waals surface area contributed by atoms with Gasteiger partial charge in [0.15, 0.2) is 12.8 Å². The number of aromatic nitrogens is 1. The lowest BCUT2D eigenvalue weighted by atomic mass is 10.0. The summed E-state index contributed by atoms with van der Waals surface area (Å²) in [6.45, 7) is 1.56. The Morgan fingerprint density at radius 3 is 2.31 bits per heavy atom. The van der Waals surface area contributed by atoms with E-state index >= 15 is 0 Å². The second kappa shape index (κ2) is 9.08. The van der Waals surface area contributed by atoms with Gasteiger partial charge in [-0.3, -0.25) is 13.9 Å². The van der Waals surface area contributed by atoms with E-state index in [0.29, 0.717) is 15.8 Å². The van der Waals surface area contributed by atoms with E-state index in [-0.39, 0.29) is 12.3 Å². The molecule has 1 aromatic heterocycles. The summed E-state index contributed by atoms with van der Waals surface area (Å²) in [4.78, 5) is 16.1. The molecule has 1 amide bonds. The molecule has 11 heteroatoms. The second-order valence-electron chi connectivity index (χ2n) is 7.67. The van der Waals surface area contributed by atoms with E-state index in [1.54, 1.807) is 42.6 Å². The van der Waals surface area contributed by atoms with Gasteiger partial charge in [0.05, 0.1) is 11.9 Å². The van der Waals surface area contributed by atoms with Gasteiger partial charge in [-0.1, -0.05) is 30.3 Å². The smallest absolute Gasteiger partial charge is 0.300 e. The topological polar surface area (TPSA) is 85.6 Å². The highest BCUT2D eigenvalue weighted by Gasteiger charge is 2.54. The summed E-state index contributed by atoms with van der Waals surface area (Å²) in [5.74, 6) is -1.51. The van der Waals surface area contributed by atoms with Crippen LogP contribution in [0.5, 0.6) is 0 Å². The standard InChI is InChI=1S/C21H22F3N2O5S/c1-21(2)26(20(27)19(23)24)17(10-22)18(31-21)14-6-4-13(5-7-14)15-8-9-16(25-11-15)12-30-32(3,28)29/h4-9,11,18-19H,10,12H2,1-3H3/q+1. The maximum Gasteiger partial charge on any atom is 0.456 e. The van der Waals surface area contributed by atoms with Crippen molar-refractivity contribution in [2.75, 3.05) is 12.9 Å². The molecule has 0 spiro atoms. The predicted molar refractivity (Wildman–Crippen MR) is 109 cm³/mol. The highest BCUT2D eigenvalue weighted by atomic mass is 32.2. The summed E-state index contributed by atoms with van der Waals surface area (Å²) >= 11 is 0. The summed E-state index contributed by atoms with van der Waals surface area (Å²) < 4.78 is 73.1. The Morgan fingerprint density at radius 1 is 1.19 bits per heavy atom. The van der Waals surface area contributed by atoms with Gasteiger partial charge in [-0.25, -0.2) is 9.18 Å². The molecule has 2 aromatic rings. The molecule has 1 aliphatic heterocycles. The quantitative estimate of drug-likeness (QED) is 0.455. The summed E-state index contributed by atoms with van der Waals surface area (Å²) in [6, 6.07) is 10.1. The summed E-state index contributed by atoms with van der Waals surface area (Å²) in [7, 11) is -3.57. The van der Waals surface area contributed by atoms with Crippen molar-refractivity contribution in [1.29, 1.82) is 0 Å². The van der Waals surface area contributed by atoms with Crippen LogP contribution in [0.4, 0.5) is 13.2 Å². The zero-order valence-corrected chi connectivity index (χ0v) is 18.4. The van der Waals surface area contributed by atoms with Crippen LogP contribution in [0.3, 0.4) is 0 Å². The number of halogens is 3. The number of hydrogen-bond acceptors (Lipinski definition) is 6. The molecule has 0 bridgehead atoms. The molecule has 0 fully saturated rings. The van der Waals surface area contributed by atoms with E-state index < -0.39 is 41.0 Å². The first-order valence-electron chi connectivity index (χ1n) is 9.54. The molecule has 172 valence electrons. The van der Waals surface area contributed by atoms with E-state index in [2.05, 4.69) is 4.98 Å². The highest BCUT2D eigenvalue weighted by Crippen LogP contribution is 2.35. The number of pyridine rings is 1. The van der Waals surface area contributed by atoms with Crippen LogP contribution in [-0.4, -0.2) is 54.7 Å². The predicted octanol–water partition coefficient (Wildman–Crippen LogP) is 3.25. The molecule has 32 heavy (non-hydrogen) atoms. The maximum absolute atomic E-state index is 13.8. The van der Waals surface area contributed by atoms with Crippen molar-refractivity contribution in [3.05, 3.63) is 53.9 Å². The monoisotopic (exact) mass is 471 g/mol. The highest BCUT2D eigenvalue weighted by molar-refractivity contribution is 7.85. The minimum absolute atomic E-state index is 0.176. The van der Waals surface area contributed by atoms with Crippen LogP contribution >= 0.6 is 0 Å². The summed E-state index contributed by atoms with van der Waals surface area (Å²) in [5, 5.41) is 0. The van der Waals surface area contributed by atoms with Crippen LogP contribution in [0, 0.1) is 0 Å². The molecule has 0 N–H and O–H groups in total. The van der Waals surface area contributed by atoms with Crippen molar-refractivity contribution in [2.45, 2.75) is 38.7 Å². The largest absolute Gasteiger partial charge is 0.456 e. The first-order valence-corrected chi connectivity index (χ1v) is 11.4. The van der Waals surface area contributed by atoms with Gasteiger partial charge in [0.25, 0.3) is 15.8 Å². The average Bonchev–Trinajstić information content (AvgIpc) is 3.01. The molecule has 0 saturated carbocycles. The van der Waals surface area contributed by atoms with Crippen LogP contribution < -0.4 is 0 Å². The van der Waals surface area contributed by atoms with Crippen molar-refractivity contribution in [2.24, 2.45) is 0 Å². The minimum Gasteiger partial charge on any atom is -0.300 e. The molecule has 3 rings (SSSR count). The molecule has 2 heterocycles. The third-order valence-electron chi connectivity index (χ3n) is 4.87. The molecular weight excluding hydrogens is 449 g/mol. The number of benzene rings is 1. The van der Waals surface area contributed by atoms with Gasteiger partial charge in [-0.2, -0.15) is 17.2 Å². The fraction of sp³-hybridized carbons (Fsp3) is 0.381. The van der Waals surface area contributed by atoms with Crippen LogP contribution in [0.1, 0.15) is 31.2 Å². The van der Waals surface area contributed by atoms with E-state index in [0.717, 1.165) is 17.4 Å². The Morgan fingerprint density at radius 2 is 1.81 bits per heavy atom. The van der Waals surface area contributed by atoms with Gasteiger partial charge in [-0.15, -0.1) is 4.58 Å². The lowest BCUT2D eigenvalue weighted by Crippen LogP contribution is -2.42. The number of hydrogen-bond donors (Lipinski definition) is 0. The number of alkyl halides is 3. The van der Waals surface area contributed by atoms with Gasteiger partial charge in [0.2, 0.25) is 5.71 Å². The fourth-order valence-electron chi connectivity index (χ4n) is 3.47. The summed E-state index contributed by atoms with van der Waals surface area (Å²) in [5.41, 5.74) is 0.831. The van der Waals surface area contributed by atoms with Crippen LogP contribution in [0.15, 0.2) is 42.6 Å². The van der Waals surface area contributed by atoms with Crippen molar-refractivity contribution in [3.8, 4) is 11.1 Å². The minimum atomic E-state index is -3.57. The molecule has 7 nitrogen and oxygen atoms in total. The maximum atomic E-state index is 13.8. The average molecular weight is 471 g/mol. The van der Waals surface area contributed by atoms with E-state index in [4.69, 9.17) is 8.92 Å². The first kappa shape index (κ1) is 24.0. The summed E-state index contributed by atoms with van der Waals surface area (Å²) in [6.07, 6.45) is -1.76. The van der Waals surface area contributed by atoms with Gasteiger partial charge >= 0.3 is 12.3 Å². The zero-order chi connectivity index (χ0) is 23.7. The molecule has 0 saturated heterocycles. The van der Waals surface area contributed by atoms with Gasteiger partial charge in [0.1, 0.15) is 6.61 Å². The van der Waals surface area contributed by atoms with Crippen molar-refractivity contribution in [1.82, 2.24) is 4.98 Å². The number of amides is 1.